The number of halogens is 3. The van der Waals surface area contributed by atoms with Crippen LogP contribution in [0.3, 0.4) is 0 Å². The van der Waals surface area contributed by atoms with E-state index < -0.39 is 12.8 Å². The Hall–Kier alpha value is -2.54. The number of hydrogen-bond donors (Lipinski definition) is 2. The van der Waals surface area contributed by atoms with Crippen LogP contribution >= 0.6 is 0 Å². The Bertz CT molecular complexity index is 700. The minimum atomic E-state index is -4.32. The Balaban J connectivity index is 1.76. The van der Waals surface area contributed by atoms with E-state index in [1.165, 1.54) is 0 Å². The van der Waals surface area contributed by atoms with Crippen molar-refractivity contribution in [1.82, 2.24) is 5.32 Å². The molecule has 0 aliphatic rings. The topological polar surface area (TPSA) is 50.4 Å². The summed E-state index contributed by atoms with van der Waals surface area (Å²) in [7, 11) is 0. The van der Waals surface area contributed by atoms with Gasteiger partial charge in [0.1, 0.15) is 6.61 Å². The molecule has 0 saturated carbocycles. The summed E-state index contributed by atoms with van der Waals surface area (Å²) in [6, 6.07) is 13.9. The molecule has 0 saturated heterocycles. The van der Waals surface area contributed by atoms with Gasteiger partial charge in [0, 0.05) is 12.2 Å². The number of carbonyl (C=O) groups is 1. The number of amides is 2. The van der Waals surface area contributed by atoms with Crippen molar-refractivity contribution >= 4 is 11.7 Å². The number of rotatable bonds is 6. The van der Waals surface area contributed by atoms with Crippen molar-refractivity contribution in [2.24, 2.45) is 0 Å². The molecule has 0 heterocycles. The molecule has 134 valence electrons. The molecule has 0 aliphatic carbocycles. The molecule has 0 unspecified atom stereocenters. The Morgan fingerprint density at radius 3 is 2.40 bits per heavy atom. The third-order valence-electron chi connectivity index (χ3n) is 3.29. The van der Waals surface area contributed by atoms with Gasteiger partial charge < -0.3 is 15.4 Å². The SMILES string of the molecule is Cc1cccc(NC(=O)NCc2ccc(COCC(F)(F)F)cc2)c1. The maximum absolute atomic E-state index is 12.0. The molecule has 2 aromatic carbocycles. The Morgan fingerprint density at radius 1 is 1.08 bits per heavy atom. The molecule has 0 aliphatic heterocycles. The summed E-state index contributed by atoms with van der Waals surface area (Å²) in [5.41, 5.74) is 3.21. The number of carbonyl (C=O) groups excluding carboxylic acids is 1. The number of nitrogens with one attached hydrogen (secondary N) is 2. The summed E-state index contributed by atoms with van der Waals surface area (Å²) in [6.45, 7) is 0.862. The number of anilines is 1. The molecular weight excluding hydrogens is 333 g/mol. The van der Waals surface area contributed by atoms with Crippen LogP contribution in [0.2, 0.25) is 0 Å². The summed E-state index contributed by atoms with van der Waals surface area (Å²) in [4.78, 5) is 11.9. The minimum absolute atomic E-state index is 0.110. The molecular formula is C18H19F3N2O2. The van der Waals surface area contributed by atoms with Gasteiger partial charge in [-0.05, 0) is 35.7 Å². The van der Waals surface area contributed by atoms with E-state index in [2.05, 4.69) is 15.4 Å². The molecule has 0 aromatic heterocycles. The minimum Gasteiger partial charge on any atom is -0.367 e. The molecule has 25 heavy (non-hydrogen) atoms. The second kappa shape index (κ2) is 8.53. The van der Waals surface area contributed by atoms with Gasteiger partial charge in [-0.25, -0.2) is 4.79 Å². The van der Waals surface area contributed by atoms with Crippen LogP contribution in [0, 0.1) is 6.92 Å². The van der Waals surface area contributed by atoms with Gasteiger partial charge in [-0.2, -0.15) is 13.2 Å². The Kier molecular flexibility index (Phi) is 6.41. The monoisotopic (exact) mass is 352 g/mol. The number of aryl methyl sites for hydroxylation is 1. The van der Waals surface area contributed by atoms with Crippen molar-refractivity contribution in [3.63, 3.8) is 0 Å². The first-order valence-corrected chi connectivity index (χ1v) is 7.66. The molecule has 2 amide bonds. The van der Waals surface area contributed by atoms with E-state index in [4.69, 9.17) is 0 Å². The molecule has 0 radical (unpaired) electrons. The second-order valence-electron chi connectivity index (χ2n) is 5.60. The molecule has 2 rings (SSSR count). The smallest absolute Gasteiger partial charge is 0.367 e. The predicted octanol–water partition coefficient (Wildman–Crippen LogP) is 4.40. The zero-order chi connectivity index (χ0) is 18.3. The van der Waals surface area contributed by atoms with E-state index in [-0.39, 0.29) is 12.6 Å². The maximum Gasteiger partial charge on any atom is 0.411 e. The van der Waals surface area contributed by atoms with Gasteiger partial charge in [-0.1, -0.05) is 36.4 Å². The van der Waals surface area contributed by atoms with Crippen LogP contribution in [-0.4, -0.2) is 18.8 Å². The van der Waals surface area contributed by atoms with Crippen LogP contribution in [-0.2, 0) is 17.9 Å². The van der Waals surface area contributed by atoms with Crippen molar-refractivity contribution in [3.05, 3.63) is 65.2 Å². The number of urea groups is 1. The van der Waals surface area contributed by atoms with Crippen molar-refractivity contribution in [1.29, 1.82) is 0 Å². The van der Waals surface area contributed by atoms with Crippen molar-refractivity contribution in [2.45, 2.75) is 26.3 Å². The summed E-state index contributed by atoms with van der Waals surface area (Å²) in [5, 5.41) is 5.45. The lowest BCUT2D eigenvalue weighted by Crippen LogP contribution is -2.28. The number of alkyl halides is 3. The highest BCUT2D eigenvalue weighted by molar-refractivity contribution is 5.89. The third kappa shape index (κ3) is 7.26. The van der Waals surface area contributed by atoms with E-state index >= 15 is 0 Å². The first kappa shape index (κ1) is 18.8. The fourth-order valence-corrected chi connectivity index (χ4v) is 2.12. The molecule has 2 aromatic rings. The summed E-state index contributed by atoms with van der Waals surface area (Å²) < 4.78 is 40.6. The van der Waals surface area contributed by atoms with Crippen LogP contribution < -0.4 is 10.6 Å². The number of hydrogen-bond acceptors (Lipinski definition) is 2. The highest BCUT2D eigenvalue weighted by atomic mass is 19.4. The van der Waals surface area contributed by atoms with Gasteiger partial charge >= 0.3 is 12.2 Å². The first-order chi connectivity index (χ1) is 11.8. The average Bonchev–Trinajstić information content (AvgIpc) is 2.53. The quantitative estimate of drug-likeness (QED) is 0.810. The van der Waals surface area contributed by atoms with Crippen molar-refractivity contribution in [3.8, 4) is 0 Å². The summed E-state index contributed by atoms with van der Waals surface area (Å²) >= 11 is 0. The van der Waals surface area contributed by atoms with Crippen molar-refractivity contribution in [2.75, 3.05) is 11.9 Å². The molecule has 7 heteroatoms. The molecule has 0 atom stereocenters. The predicted molar refractivity (Wildman–Crippen MR) is 89.2 cm³/mol. The summed E-state index contributed by atoms with van der Waals surface area (Å²) in [5.74, 6) is 0. The maximum atomic E-state index is 12.0. The lowest BCUT2D eigenvalue weighted by molar-refractivity contribution is -0.176. The fourth-order valence-electron chi connectivity index (χ4n) is 2.12. The van der Waals surface area contributed by atoms with Crippen LogP contribution in [0.15, 0.2) is 48.5 Å². The van der Waals surface area contributed by atoms with E-state index in [1.807, 2.05) is 25.1 Å². The lowest BCUT2D eigenvalue weighted by Gasteiger charge is -2.10. The highest BCUT2D eigenvalue weighted by Crippen LogP contribution is 2.16. The second-order valence-corrected chi connectivity index (χ2v) is 5.60. The van der Waals surface area contributed by atoms with Gasteiger partial charge in [0.15, 0.2) is 0 Å². The van der Waals surface area contributed by atoms with Crippen LogP contribution in [0.1, 0.15) is 16.7 Å². The number of ether oxygens (including phenoxy) is 1. The highest BCUT2D eigenvalue weighted by Gasteiger charge is 2.27. The van der Waals surface area contributed by atoms with Crippen LogP contribution in [0.5, 0.6) is 0 Å². The molecule has 0 fully saturated rings. The van der Waals surface area contributed by atoms with E-state index in [1.54, 1.807) is 30.3 Å². The molecule has 0 bridgehead atoms. The zero-order valence-corrected chi connectivity index (χ0v) is 13.7. The summed E-state index contributed by atoms with van der Waals surface area (Å²) in [6.07, 6.45) is -4.32. The number of benzene rings is 2. The third-order valence-corrected chi connectivity index (χ3v) is 3.29. The lowest BCUT2D eigenvalue weighted by atomic mass is 10.1. The van der Waals surface area contributed by atoms with Crippen LogP contribution in [0.4, 0.5) is 23.7 Å². The van der Waals surface area contributed by atoms with Crippen molar-refractivity contribution < 1.29 is 22.7 Å². The molecule has 0 spiro atoms. The molecule has 2 N–H and O–H groups in total. The zero-order valence-electron chi connectivity index (χ0n) is 13.7. The molecule has 4 nitrogen and oxygen atoms in total. The average molecular weight is 352 g/mol. The normalized spacial score (nSPS) is 11.2. The van der Waals surface area contributed by atoms with E-state index in [0.717, 1.165) is 11.1 Å². The largest absolute Gasteiger partial charge is 0.411 e. The van der Waals surface area contributed by atoms with E-state index in [0.29, 0.717) is 17.8 Å². The van der Waals surface area contributed by atoms with Gasteiger partial charge in [-0.15, -0.1) is 0 Å². The van der Waals surface area contributed by atoms with E-state index in [9.17, 15) is 18.0 Å². The first-order valence-electron chi connectivity index (χ1n) is 7.66. The van der Waals surface area contributed by atoms with Crippen LogP contribution in [0.25, 0.3) is 0 Å². The van der Waals surface area contributed by atoms with Gasteiger partial charge in [0.05, 0.1) is 6.61 Å². The van der Waals surface area contributed by atoms with Gasteiger partial charge in [-0.3, -0.25) is 0 Å². The van der Waals surface area contributed by atoms with Gasteiger partial charge in [0.2, 0.25) is 0 Å². The fraction of sp³-hybridized carbons (Fsp3) is 0.278. The van der Waals surface area contributed by atoms with Gasteiger partial charge in [0.25, 0.3) is 0 Å². The Labute approximate surface area is 144 Å². The standard InChI is InChI=1S/C18H19F3N2O2/c1-13-3-2-4-16(9-13)23-17(24)22-10-14-5-7-15(8-6-14)11-25-12-18(19,20)21/h2-9H,10-12H2,1H3,(H2,22,23,24). The Morgan fingerprint density at radius 2 is 1.76 bits per heavy atom.